The van der Waals surface area contributed by atoms with E-state index in [1.165, 1.54) is 12.8 Å². The Balaban J connectivity index is 1.68. The molecule has 2 aliphatic heterocycles. The summed E-state index contributed by atoms with van der Waals surface area (Å²) < 4.78 is 5.26. The highest BCUT2D eigenvalue weighted by Gasteiger charge is 2.17. The Hall–Kier alpha value is -0.650. The molecule has 2 rings (SSSR count). The number of amides is 1. The molecule has 0 aromatic carbocycles. The maximum Gasteiger partial charge on any atom is 0.237 e. The fourth-order valence-corrected chi connectivity index (χ4v) is 2.33. The van der Waals surface area contributed by atoms with E-state index in [0.717, 1.165) is 52.2 Å². The van der Waals surface area contributed by atoms with Crippen LogP contribution < -0.4 is 5.43 Å². The summed E-state index contributed by atoms with van der Waals surface area (Å²) in [7, 11) is 0. The maximum atomic E-state index is 12.0. The number of rotatable bonds is 3. The first-order valence-electron chi connectivity index (χ1n) is 6.70. The molecule has 0 aromatic rings. The monoisotopic (exact) mass is 241 g/mol. The topological polar surface area (TPSA) is 44.8 Å². The first-order chi connectivity index (χ1) is 8.36. The van der Waals surface area contributed by atoms with Gasteiger partial charge in [0, 0.05) is 26.2 Å². The molecule has 0 atom stereocenters. The summed E-state index contributed by atoms with van der Waals surface area (Å²) in [5, 5.41) is 2.08. The highest BCUT2D eigenvalue weighted by molar-refractivity contribution is 5.78. The third kappa shape index (κ3) is 4.26. The largest absolute Gasteiger partial charge is 0.379 e. The number of ether oxygens (including phenoxy) is 1. The molecule has 5 nitrogen and oxygen atoms in total. The van der Waals surface area contributed by atoms with Crippen molar-refractivity contribution in [2.45, 2.75) is 25.7 Å². The van der Waals surface area contributed by atoms with Gasteiger partial charge in [-0.05, 0) is 12.8 Å². The molecule has 0 radical (unpaired) electrons. The van der Waals surface area contributed by atoms with Crippen molar-refractivity contribution >= 4 is 5.91 Å². The molecule has 1 amide bonds. The summed E-state index contributed by atoms with van der Waals surface area (Å²) in [4.78, 5) is 14.0. The summed E-state index contributed by atoms with van der Waals surface area (Å²) in [5.41, 5.74) is 3.20. The van der Waals surface area contributed by atoms with Gasteiger partial charge in [-0.1, -0.05) is 12.8 Å². The van der Waals surface area contributed by atoms with Crippen LogP contribution in [-0.4, -0.2) is 61.8 Å². The number of hydrazine groups is 1. The van der Waals surface area contributed by atoms with E-state index in [1.54, 1.807) is 0 Å². The molecule has 0 aromatic heterocycles. The van der Waals surface area contributed by atoms with Gasteiger partial charge in [-0.15, -0.1) is 0 Å². The smallest absolute Gasteiger partial charge is 0.237 e. The van der Waals surface area contributed by atoms with Crippen LogP contribution in [0.3, 0.4) is 0 Å². The van der Waals surface area contributed by atoms with E-state index >= 15 is 0 Å². The van der Waals surface area contributed by atoms with Crippen LogP contribution in [0.1, 0.15) is 25.7 Å². The average molecular weight is 241 g/mol. The minimum Gasteiger partial charge on any atom is -0.379 e. The zero-order chi connectivity index (χ0) is 11.9. The number of hydrogen-bond donors (Lipinski definition) is 1. The van der Waals surface area contributed by atoms with E-state index in [-0.39, 0.29) is 5.91 Å². The average Bonchev–Trinajstić information content (AvgIpc) is 2.66. The van der Waals surface area contributed by atoms with Crippen molar-refractivity contribution in [3.8, 4) is 0 Å². The van der Waals surface area contributed by atoms with Gasteiger partial charge in [-0.2, -0.15) is 0 Å². The molecule has 98 valence electrons. The van der Waals surface area contributed by atoms with E-state index in [4.69, 9.17) is 4.74 Å². The van der Waals surface area contributed by atoms with Gasteiger partial charge < -0.3 is 9.64 Å². The van der Waals surface area contributed by atoms with Crippen LogP contribution in [0.15, 0.2) is 0 Å². The Kier molecular flexibility index (Phi) is 5.22. The third-order valence-electron chi connectivity index (χ3n) is 3.42. The molecule has 17 heavy (non-hydrogen) atoms. The lowest BCUT2D eigenvalue weighted by Crippen LogP contribution is -2.50. The maximum absolute atomic E-state index is 12.0. The van der Waals surface area contributed by atoms with E-state index in [9.17, 15) is 4.79 Å². The second-order valence-electron chi connectivity index (χ2n) is 4.73. The van der Waals surface area contributed by atoms with Gasteiger partial charge in [0.1, 0.15) is 0 Å². The van der Waals surface area contributed by atoms with Crippen LogP contribution in [0, 0.1) is 0 Å². The van der Waals surface area contributed by atoms with Crippen molar-refractivity contribution in [2.24, 2.45) is 0 Å². The van der Waals surface area contributed by atoms with Crippen LogP contribution in [0.5, 0.6) is 0 Å². The van der Waals surface area contributed by atoms with Crippen molar-refractivity contribution in [3.63, 3.8) is 0 Å². The van der Waals surface area contributed by atoms with Crippen LogP contribution in [0.2, 0.25) is 0 Å². The molecular weight excluding hydrogens is 218 g/mol. The minimum atomic E-state index is 0.235. The Morgan fingerprint density at radius 2 is 1.65 bits per heavy atom. The lowest BCUT2D eigenvalue weighted by atomic mass is 10.2. The van der Waals surface area contributed by atoms with Crippen LogP contribution in [-0.2, 0) is 9.53 Å². The number of hydrogen-bond acceptors (Lipinski definition) is 4. The second kappa shape index (κ2) is 6.93. The summed E-state index contributed by atoms with van der Waals surface area (Å²) in [6, 6.07) is 0. The number of carbonyl (C=O) groups is 1. The number of carbonyl (C=O) groups excluding carboxylic acids is 1. The number of nitrogens with zero attached hydrogens (tertiary/aromatic N) is 2. The van der Waals surface area contributed by atoms with Gasteiger partial charge in [0.2, 0.25) is 5.91 Å². The van der Waals surface area contributed by atoms with Gasteiger partial charge in [-0.3, -0.25) is 4.79 Å². The molecule has 0 spiro atoms. The molecule has 0 unspecified atom stereocenters. The Bertz CT molecular complexity index is 234. The lowest BCUT2D eigenvalue weighted by molar-refractivity contribution is -0.131. The van der Waals surface area contributed by atoms with Crippen LogP contribution >= 0.6 is 0 Å². The van der Waals surface area contributed by atoms with Crippen molar-refractivity contribution in [1.82, 2.24) is 15.3 Å². The lowest BCUT2D eigenvalue weighted by Gasteiger charge is -2.28. The number of morpholine rings is 1. The molecular formula is C12H23N3O2. The van der Waals surface area contributed by atoms with E-state index in [2.05, 4.69) is 10.4 Å². The van der Waals surface area contributed by atoms with E-state index < -0.39 is 0 Å². The molecule has 2 aliphatic rings. The predicted octanol–water partition coefficient (Wildman–Crippen LogP) is 0.226. The van der Waals surface area contributed by atoms with E-state index in [0.29, 0.717) is 6.54 Å². The van der Waals surface area contributed by atoms with Gasteiger partial charge in [0.15, 0.2) is 0 Å². The van der Waals surface area contributed by atoms with Crippen molar-refractivity contribution in [2.75, 3.05) is 45.9 Å². The Morgan fingerprint density at radius 1 is 1.00 bits per heavy atom. The number of likely N-dealkylation sites (tertiary alicyclic amines) is 1. The standard InChI is InChI=1S/C12H23N3O2/c16-12(14-5-3-1-2-4-6-14)11-13-15-7-9-17-10-8-15/h13H,1-11H2. The highest BCUT2D eigenvalue weighted by atomic mass is 16.5. The molecule has 1 N–H and O–H groups in total. The second-order valence-corrected chi connectivity index (χ2v) is 4.73. The first kappa shape index (κ1) is 12.8. The summed E-state index contributed by atoms with van der Waals surface area (Å²) in [6.45, 7) is 5.55. The SMILES string of the molecule is O=C(CNN1CCOCC1)N1CCCCCC1. The normalized spacial score (nSPS) is 23.4. The summed E-state index contributed by atoms with van der Waals surface area (Å²) in [6.07, 6.45) is 4.84. The molecule has 2 heterocycles. The summed E-state index contributed by atoms with van der Waals surface area (Å²) >= 11 is 0. The highest BCUT2D eigenvalue weighted by Crippen LogP contribution is 2.09. The van der Waals surface area contributed by atoms with Gasteiger partial charge in [0.25, 0.3) is 0 Å². The van der Waals surface area contributed by atoms with Crippen molar-refractivity contribution in [3.05, 3.63) is 0 Å². The summed E-state index contributed by atoms with van der Waals surface area (Å²) in [5.74, 6) is 0.235. The molecule has 2 saturated heterocycles. The van der Waals surface area contributed by atoms with Crippen molar-refractivity contribution in [1.29, 1.82) is 0 Å². The van der Waals surface area contributed by atoms with Gasteiger partial charge in [-0.25, -0.2) is 10.4 Å². The van der Waals surface area contributed by atoms with Gasteiger partial charge >= 0.3 is 0 Å². The quantitative estimate of drug-likeness (QED) is 0.768. The fraction of sp³-hybridized carbons (Fsp3) is 0.917. The zero-order valence-corrected chi connectivity index (χ0v) is 10.5. The Morgan fingerprint density at radius 3 is 2.29 bits per heavy atom. The Labute approximate surface area is 103 Å². The molecule has 2 fully saturated rings. The minimum absolute atomic E-state index is 0.235. The van der Waals surface area contributed by atoms with Gasteiger partial charge in [0.05, 0.1) is 19.8 Å². The molecule has 0 bridgehead atoms. The zero-order valence-electron chi connectivity index (χ0n) is 10.5. The number of nitrogens with one attached hydrogen (secondary N) is 1. The van der Waals surface area contributed by atoms with Crippen molar-refractivity contribution < 1.29 is 9.53 Å². The molecule has 0 saturated carbocycles. The third-order valence-corrected chi connectivity index (χ3v) is 3.42. The molecule has 5 heteroatoms. The van der Waals surface area contributed by atoms with E-state index in [1.807, 2.05) is 4.90 Å². The molecule has 0 aliphatic carbocycles. The van der Waals surface area contributed by atoms with Crippen LogP contribution in [0.4, 0.5) is 0 Å². The first-order valence-corrected chi connectivity index (χ1v) is 6.70. The predicted molar refractivity (Wildman–Crippen MR) is 65.4 cm³/mol. The van der Waals surface area contributed by atoms with Crippen LogP contribution in [0.25, 0.3) is 0 Å². The fourth-order valence-electron chi connectivity index (χ4n) is 2.33.